The molecule has 178 valence electrons. The summed E-state index contributed by atoms with van der Waals surface area (Å²) < 4.78 is 54.6. The largest absolute Gasteiger partial charge is 0.416 e. The minimum absolute atomic E-state index is 0.00267. The van der Waals surface area contributed by atoms with Crippen LogP contribution in [-0.2, 0) is 18.1 Å². The fraction of sp³-hybridized carbons (Fsp3) is 0.308. The molecule has 0 spiro atoms. The van der Waals surface area contributed by atoms with Gasteiger partial charge in [0.2, 0.25) is 0 Å². The molecule has 1 unspecified atom stereocenters. The number of nitrogens with one attached hydrogen (secondary N) is 2. The normalized spacial score (nSPS) is 16.1. The second-order valence-electron chi connectivity index (χ2n) is 8.59. The number of urea groups is 1. The molecule has 1 aromatic heterocycles. The predicted molar refractivity (Wildman–Crippen MR) is 120 cm³/mol. The number of aromatic nitrogens is 1. The highest BCUT2D eigenvalue weighted by atomic mass is 19.4. The maximum absolute atomic E-state index is 13.7. The molecule has 1 aliphatic rings. The number of nitrogens with zero attached hydrogens (tertiary/aromatic N) is 1. The lowest BCUT2D eigenvalue weighted by Gasteiger charge is -2.36. The Hall–Kier alpha value is -3.42. The zero-order chi connectivity index (χ0) is 24.2. The Balaban J connectivity index is 1.85. The first-order valence-electron chi connectivity index (χ1n) is 11.2. The molecular weight excluding hydrogens is 446 g/mol. The average molecular weight is 471 g/mol. The number of pyridine rings is 1. The van der Waals surface area contributed by atoms with Gasteiger partial charge in [0, 0.05) is 12.5 Å². The van der Waals surface area contributed by atoms with E-state index in [1.807, 2.05) is 30.3 Å². The van der Waals surface area contributed by atoms with Crippen molar-refractivity contribution in [1.29, 1.82) is 0 Å². The van der Waals surface area contributed by atoms with E-state index in [1.165, 1.54) is 24.3 Å². The second-order valence-corrected chi connectivity index (χ2v) is 8.59. The highest BCUT2D eigenvalue weighted by molar-refractivity contribution is 5.76. The van der Waals surface area contributed by atoms with E-state index in [2.05, 4.69) is 15.6 Å². The fourth-order valence-corrected chi connectivity index (χ4v) is 4.50. The van der Waals surface area contributed by atoms with Gasteiger partial charge in [-0.1, -0.05) is 55.3 Å². The van der Waals surface area contributed by atoms with Crippen LogP contribution in [0, 0.1) is 5.82 Å². The monoisotopic (exact) mass is 471 g/mol. The molecule has 1 aliphatic carbocycles. The molecule has 2 N–H and O–H groups in total. The topological polar surface area (TPSA) is 54.0 Å². The van der Waals surface area contributed by atoms with E-state index in [4.69, 9.17) is 0 Å². The summed E-state index contributed by atoms with van der Waals surface area (Å²) >= 11 is 0. The number of benzene rings is 2. The van der Waals surface area contributed by atoms with Crippen molar-refractivity contribution in [2.75, 3.05) is 0 Å². The second kappa shape index (κ2) is 9.83. The highest BCUT2D eigenvalue weighted by Crippen LogP contribution is 2.37. The first-order valence-corrected chi connectivity index (χ1v) is 11.2. The predicted octanol–water partition coefficient (Wildman–Crippen LogP) is 5.97. The summed E-state index contributed by atoms with van der Waals surface area (Å²) in [6.07, 6.45) is 0.247. The van der Waals surface area contributed by atoms with Crippen LogP contribution in [0.25, 0.3) is 0 Å². The highest BCUT2D eigenvalue weighted by Gasteiger charge is 2.40. The van der Waals surface area contributed by atoms with Gasteiger partial charge >= 0.3 is 12.2 Å². The average Bonchev–Trinajstić information content (AvgIpc) is 3.32. The van der Waals surface area contributed by atoms with Crippen molar-refractivity contribution in [3.63, 3.8) is 0 Å². The molecule has 3 aromatic rings. The molecule has 1 atom stereocenters. The van der Waals surface area contributed by atoms with Crippen molar-refractivity contribution in [1.82, 2.24) is 15.6 Å². The number of amides is 2. The number of hydrogen-bond donors (Lipinski definition) is 2. The number of alkyl halides is 3. The van der Waals surface area contributed by atoms with Gasteiger partial charge in [0.15, 0.2) is 0 Å². The molecule has 1 saturated carbocycles. The summed E-state index contributed by atoms with van der Waals surface area (Å²) in [5, 5.41) is 5.88. The number of halogens is 4. The van der Waals surface area contributed by atoms with Crippen LogP contribution in [0.3, 0.4) is 0 Å². The van der Waals surface area contributed by atoms with Gasteiger partial charge in [0.1, 0.15) is 11.4 Å². The zero-order valence-corrected chi connectivity index (χ0v) is 18.4. The molecule has 2 amide bonds. The maximum atomic E-state index is 13.7. The fourth-order valence-electron chi connectivity index (χ4n) is 4.50. The molecule has 0 aliphatic heterocycles. The molecule has 1 fully saturated rings. The number of carbonyl (C=O) groups excluding carboxylic acids is 1. The van der Waals surface area contributed by atoms with Crippen molar-refractivity contribution >= 4 is 6.03 Å². The summed E-state index contributed by atoms with van der Waals surface area (Å²) in [6, 6.07) is 16.0. The Morgan fingerprint density at radius 1 is 0.941 bits per heavy atom. The molecule has 4 rings (SSSR count). The van der Waals surface area contributed by atoms with Crippen LogP contribution in [0.15, 0.2) is 72.9 Å². The van der Waals surface area contributed by atoms with Gasteiger partial charge in [-0.15, -0.1) is 0 Å². The van der Waals surface area contributed by atoms with Gasteiger partial charge in [0.25, 0.3) is 0 Å². The van der Waals surface area contributed by atoms with E-state index >= 15 is 0 Å². The summed E-state index contributed by atoms with van der Waals surface area (Å²) in [7, 11) is 0. The standard InChI is InChI=1S/C26H25F4N3O/c27-21-13-14-23(31-17-21)25(16-18-7-2-1-3-8-18,33-24(34)32-22-11-4-5-12-22)19-9-6-10-20(15-19)26(28,29)30/h1-3,6-10,13-15,17,22H,4-5,11-12,16H2,(H2,32,33,34). The minimum atomic E-state index is -4.57. The van der Waals surface area contributed by atoms with E-state index in [0.29, 0.717) is 0 Å². The number of carbonyl (C=O) groups is 1. The third-order valence-electron chi connectivity index (χ3n) is 6.18. The SMILES string of the molecule is O=C(NC1CCCC1)NC(Cc1ccccc1)(c1cccc(C(F)(F)F)c1)c1ccc(F)cn1. The lowest BCUT2D eigenvalue weighted by molar-refractivity contribution is -0.137. The number of rotatable bonds is 6. The van der Waals surface area contributed by atoms with E-state index in [1.54, 1.807) is 0 Å². The van der Waals surface area contributed by atoms with E-state index < -0.39 is 29.1 Å². The van der Waals surface area contributed by atoms with E-state index in [0.717, 1.165) is 49.6 Å². The van der Waals surface area contributed by atoms with Crippen LogP contribution >= 0.6 is 0 Å². The summed E-state index contributed by atoms with van der Waals surface area (Å²) in [4.78, 5) is 17.4. The Labute approximate surface area is 195 Å². The van der Waals surface area contributed by atoms with Crippen molar-refractivity contribution in [3.8, 4) is 0 Å². The third kappa shape index (κ3) is 5.38. The lowest BCUT2D eigenvalue weighted by Crippen LogP contribution is -2.54. The van der Waals surface area contributed by atoms with E-state index in [-0.39, 0.29) is 23.7 Å². The Morgan fingerprint density at radius 2 is 1.65 bits per heavy atom. The van der Waals surface area contributed by atoms with Crippen molar-refractivity contribution in [2.45, 2.75) is 49.9 Å². The van der Waals surface area contributed by atoms with Crippen LogP contribution in [0.4, 0.5) is 22.4 Å². The van der Waals surface area contributed by atoms with Crippen LogP contribution in [-0.4, -0.2) is 17.1 Å². The molecule has 0 radical (unpaired) electrons. The minimum Gasteiger partial charge on any atom is -0.335 e. The molecule has 34 heavy (non-hydrogen) atoms. The van der Waals surface area contributed by atoms with Gasteiger partial charge < -0.3 is 10.6 Å². The first-order chi connectivity index (χ1) is 16.3. The first kappa shape index (κ1) is 23.7. The van der Waals surface area contributed by atoms with Gasteiger partial charge in [-0.05, 0) is 48.2 Å². The quantitative estimate of drug-likeness (QED) is 0.436. The molecular formula is C26H25F4N3O. The van der Waals surface area contributed by atoms with Gasteiger partial charge in [-0.3, -0.25) is 4.98 Å². The van der Waals surface area contributed by atoms with Crippen molar-refractivity contribution in [2.24, 2.45) is 0 Å². The van der Waals surface area contributed by atoms with Gasteiger partial charge in [0.05, 0.1) is 17.5 Å². The lowest BCUT2D eigenvalue weighted by atomic mass is 9.80. The van der Waals surface area contributed by atoms with Crippen molar-refractivity contribution in [3.05, 3.63) is 101 Å². The molecule has 8 heteroatoms. The van der Waals surface area contributed by atoms with Crippen LogP contribution in [0.1, 0.15) is 48.1 Å². The Kier molecular flexibility index (Phi) is 6.86. The summed E-state index contributed by atoms with van der Waals surface area (Å²) in [6.45, 7) is 0. The molecule has 0 saturated heterocycles. The van der Waals surface area contributed by atoms with Crippen LogP contribution in [0.5, 0.6) is 0 Å². The molecule has 0 bridgehead atoms. The van der Waals surface area contributed by atoms with Gasteiger partial charge in [-0.25, -0.2) is 9.18 Å². The van der Waals surface area contributed by atoms with Crippen LogP contribution in [0.2, 0.25) is 0 Å². The summed E-state index contributed by atoms with van der Waals surface area (Å²) in [5.74, 6) is -0.586. The Morgan fingerprint density at radius 3 is 2.29 bits per heavy atom. The smallest absolute Gasteiger partial charge is 0.335 e. The maximum Gasteiger partial charge on any atom is 0.416 e. The van der Waals surface area contributed by atoms with Gasteiger partial charge in [-0.2, -0.15) is 13.2 Å². The third-order valence-corrected chi connectivity index (χ3v) is 6.18. The molecule has 2 aromatic carbocycles. The van der Waals surface area contributed by atoms with Crippen LogP contribution < -0.4 is 10.6 Å². The zero-order valence-electron chi connectivity index (χ0n) is 18.4. The Bertz CT molecular complexity index is 1110. The van der Waals surface area contributed by atoms with Crippen molar-refractivity contribution < 1.29 is 22.4 Å². The molecule has 1 heterocycles. The number of hydrogen-bond acceptors (Lipinski definition) is 2. The molecule has 4 nitrogen and oxygen atoms in total. The summed E-state index contributed by atoms with van der Waals surface area (Å²) in [5.41, 5.74) is -1.11. The van der Waals surface area contributed by atoms with E-state index in [9.17, 15) is 22.4 Å².